The molecule has 5 heteroatoms. The number of rotatable bonds is 8. The van der Waals surface area contributed by atoms with Crippen LogP contribution >= 0.6 is 0 Å². The number of ether oxygens (including phenoxy) is 1. The summed E-state index contributed by atoms with van der Waals surface area (Å²) in [6, 6.07) is 6.32. The van der Waals surface area contributed by atoms with E-state index in [9.17, 15) is 14.7 Å². The van der Waals surface area contributed by atoms with Gasteiger partial charge in [0.15, 0.2) is 0 Å². The molecule has 0 amide bonds. The van der Waals surface area contributed by atoms with Crippen LogP contribution in [0.25, 0.3) is 0 Å². The first-order chi connectivity index (χ1) is 15.9. The highest BCUT2D eigenvalue weighted by molar-refractivity contribution is 5.90. The first-order valence-corrected chi connectivity index (χ1v) is 12.1. The van der Waals surface area contributed by atoms with E-state index in [1.54, 1.807) is 0 Å². The number of carboxylic acid groups (broad SMARTS) is 1. The molecule has 1 fully saturated rings. The number of aryl methyl sites for hydroxylation is 1. The molecule has 5 nitrogen and oxygen atoms in total. The van der Waals surface area contributed by atoms with Gasteiger partial charge in [-0.1, -0.05) is 30.0 Å². The van der Waals surface area contributed by atoms with E-state index in [2.05, 4.69) is 24.0 Å². The number of carboxylic acids is 1. The van der Waals surface area contributed by atoms with E-state index in [0.717, 1.165) is 16.7 Å². The fourth-order valence-electron chi connectivity index (χ4n) is 4.36. The first-order valence-electron chi connectivity index (χ1n) is 12.1. The van der Waals surface area contributed by atoms with Crippen LogP contribution in [0.3, 0.4) is 0 Å². The van der Waals surface area contributed by atoms with Crippen LogP contribution in [-0.4, -0.2) is 41.6 Å². The smallest absolute Gasteiger partial charge is 0.334 e. The van der Waals surface area contributed by atoms with Crippen molar-refractivity contribution in [3.63, 3.8) is 0 Å². The minimum Gasteiger partial charge on any atom is -0.478 e. The summed E-state index contributed by atoms with van der Waals surface area (Å²) in [5.74, 6) is 5.21. The van der Waals surface area contributed by atoms with Crippen LogP contribution in [-0.2, 0) is 14.3 Å². The molecule has 34 heavy (non-hydrogen) atoms. The normalized spacial score (nSPS) is 16.6. The highest BCUT2D eigenvalue weighted by atomic mass is 16.5. The molecule has 1 aromatic rings. The zero-order valence-electron chi connectivity index (χ0n) is 21.5. The molecule has 1 unspecified atom stereocenters. The molecule has 0 aromatic heterocycles. The highest BCUT2D eigenvalue weighted by Gasteiger charge is 2.32. The number of hydrogen-bond donors (Lipinski definition) is 1. The Hall–Kier alpha value is -3.00. The molecule has 0 bridgehead atoms. The summed E-state index contributed by atoms with van der Waals surface area (Å²) in [4.78, 5) is 27.1. The molecule has 0 heterocycles. The zero-order chi connectivity index (χ0) is 25.2. The maximum atomic E-state index is 12.9. The predicted octanol–water partition coefficient (Wildman–Crippen LogP) is 5.56. The molecule has 1 saturated carbocycles. The Morgan fingerprint density at radius 3 is 2.41 bits per heavy atom. The van der Waals surface area contributed by atoms with E-state index in [1.165, 1.54) is 25.5 Å². The third-order valence-corrected chi connectivity index (χ3v) is 6.36. The third-order valence-electron chi connectivity index (χ3n) is 6.36. The molecule has 1 atom stereocenters. The summed E-state index contributed by atoms with van der Waals surface area (Å²) in [5, 5.41) is 9.94. The van der Waals surface area contributed by atoms with Crippen molar-refractivity contribution < 1.29 is 19.4 Å². The average molecular weight is 464 g/mol. The topological polar surface area (TPSA) is 66.8 Å². The average Bonchev–Trinajstić information content (AvgIpc) is 3.51. The number of aliphatic carboxylic acids is 1. The van der Waals surface area contributed by atoms with Gasteiger partial charge in [-0.3, -0.25) is 4.79 Å². The lowest BCUT2D eigenvalue weighted by Crippen LogP contribution is -2.37. The summed E-state index contributed by atoms with van der Waals surface area (Å²) in [6.07, 6.45) is 4.60. The molecule has 182 valence electrons. The standard InChI is InChI=1S/C29H37NO4/c1-18(2)30(26-16-20(12-13-29(4,5)6)15-24(26)27(31)32)17-25(28(33)34-7)23-11-10-22(14-19(23)3)21-8-9-21/h10-11,14,16,18,21,25H,8-9,15,17H2,1-7H3,(H,31,32). The molecule has 0 saturated heterocycles. The number of hydrogen-bond acceptors (Lipinski definition) is 4. The summed E-state index contributed by atoms with van der Waals surface area (Å²) in [5.41, 5.74) is 4.86. The van der Waals surface area contributed by atoms with Gasteiger partial charge in [0.05, 0.1) is 18.6 Å². The lowest BCUT2D eigenvalue weighted by atomic mass is 9.91. The van der Waals surface area contributed by atoms with Crippen molar-refractivity contribution in [2.75, 3.05) is 13.7 Å². The van der Waals surface area contributed by atoms with Crippen LogP contribution in [0.4, 0.5) is 0 Å². The van der Waals surface area contributed by atoms with Crippen LogP contribution in [0.2, 0.25) is 0 Å². The molecule has 2 aliphatic carbocycles. The Morgan fingerprint density at radius 1 is 1.24 bits per heavy atom. The van der Waals surface area contributed by atoms with Gasteiger partial charge in [0.25, 0.3) is 0 Å². The first kappa shape index (κ1) is 25.6. The fourth-order valence-corrected chi connectivity index (χ4v) is 4.36. The number of benzene rings is 1. The van der Waals surface area contributed by atoms with Gasteiger partial charge in [-0.2, -0.15) is 0 Å². The summed E-state index contributed by atoms with van der Waals surface area (Å²) >= 11 is 0. The lowest BCUT2D eigenvalue weighted by Gasteiger charge is -2.33. The molecule has 2 aliphatic rings. The van der Waals surface area contributed by atoms with Crippen molar-refractivity contribution in [1.29, 1.82) is 0 Å². The van der Waals surface area contributed by atoms with Gasteiger partial charge in [0.1, 0.15) is 0 Å². The quantitative estimate of drug-likeness (QED) is 0.404. The van der Waals surface area contributed by atoms with Gasteiger partial charge in [-0.25, -0.2) is 4.79 Å². The maximum absolute atomic E-state index is 12.9. The number of esters is 1. The van der Waals surface area contributed by atoms with Crippen LogP contribution in [0, 0.1) is 24.2 Å². The molecular formula is C29H37NO4. The van der Waals surface area contributed by atoms with Gasteiger partial charge in [0, 0.05) is 35.7 Å². The molecule has 0 spiro atoms. The summed E-state index contributed by atoms with van der Waals surface area (Å²) in [6.45, 7) is 12.5. The maximum Gasteiger partial charge on any atom is 0.334 e. The summed E-state index contributed by atoms with van der Waals surface area (Å²) in [7, 11) is 1.40. The third kappa shape index (κ3) is 6.11. The Morgan fingerprint density at radius 2 is 1.91 bits per heavy atom. The second-order valence-corrected chi connectivity index (χ2v) is 10.7. The van der Waals surface area contributed by atoms with Gasteiger partial charge in [0.2, 0.25) is 0 Å². The molecular weight excluding hydrogens is 426 g/mol. The molecule has 1 aromatic carbocycles. The highest BCUT2D eigenvalue weighted by Crippen LogP contribution is 2.41. The number of methoxy groups -OCH3 is 1. The van der Waals surface area contributed by atoms with Crippen molar-refractivity contribution in [3.05, 3.63) is 57.8 Å². The minimum atomic E-state index is -0.955. The van der Waals surface area contributed by atoms with Crippen molar-refractivity contribution >= 4 is 11.9 Å². The monoisotopic (exact) mass is 463 g/mol. The van der Waals surface area contributed by atoms with Crippen molar-refractivity contribution in [2.24, 2.45) is 5.41 Å². The number of carbonyl (C=O) groups excluding carboxylic acids is 1. The van der Waals surface area contributed by atoms with Crippen molar-refractivity contribution in [2.45, 2.75) is 78.7 Å². The van der Waals surface area contributed by atoms with E-state index >= 15 is 0 Å². The molecule has 1 N–H and O–H groups in total. The molecule has 0 aliphatic heterocycles. The number of nitrogens with zero attached hydrogens (tertiary/aromatic N) is 1. The number of carbonyl (C=O) groups is 2. The molecule has 0 radical (unpaired) electrons. The second-order valence-electron chi connectivity index (χ2n) is 10.7. The largest absolute Gasteiger partial charge is 0.478 e. The fraction of sp³-hybridized carbons (Fsp3) is 0.517. The van der Waals surface area contributed by atoms with E-state index in [0.29, 0.717) is 23.7 Å². The Kier molecular flexibility index (Phi) is 7.60. The summed E-state index contributed by atoms with van der Waals surface area (Å²) < 4.78 is 5.19. The SMILES string of the molecule is COC(=O)C(CN(C1=C(C(=O)O)CC(C#CC(C)(C)C)=C1)C(C)C)c1ccc(C2CC2)cc1C. The van der Waals surface area contributed by atoms with Crippen molar-refractivity contribution in [3.8, 4) is 11.8 Å². The Bertz CT molecular complexity index is 1090. The lowest BCUT2D eigenvalue weighted by molar-refractivity contribution is -0.142. The number of allylic oxidation sites excluding steroid dienone is 2. The van der Waals surface area contributed by atoms with E-state index in [4.69, 9.17) is 4.74 Å². The molecule has 3 rings (SSSR count). The van der Waals surface area contributed by atoms with Crippen LogP contribution < -0.4 is 0 Å². The minimum absolute atomic E-state index is 0.0197. The van der Waals surface area contributed by atoms with Gasteiger partial charge in [-0.05, 0) is 83.1 Å². The van der Waals surface area contributed by atoms with Crippen LogP contribution in [0.5, 0.6) is 0 Å². The second kappa shape index (κ2) is 10.1. The van der Waals surface area contributed by atoms with E-state index in [-0.39, 0.29) is 23.8 Å². The predicted molar refractivity (Wildman–Crippen MR) is 134 cm³/mol. The van der Waals surface area contributed by atoms with Gasteiger partial charge >= 0.3 is 11.9 Å². The Balaban J connectivity index is 1.99. The van der Waals surface area contributed by atoms with E-state index < -0.39 is 11.9 Å². The zero-order valence-corrected chi connectivity index (χ0v) is 21.5. The van der Waals surface area contributed by atoms with Crippen LogP contribution in [0.1, 0.15) is 82.4 Å². The van der Waals surface area contributed by atoms with Gasteiger partial charge in [-0.15, -0.1) is 0 Å². The Labute approximate surface area is 203 Å². The van der Waals surface area contributed by atoms with Crippen LogP contribution in [0.15, 0.2) is 41.1 Å². The van der Waals surface area contributed by atoms with E-state index in [1.807, 2.05) is 58.6 Å². The van der Waals surface area contributed by atoms with Gasteiger partial charge < -0.3 is 14.7 Å². The van der Waals surface area contributed by atoms with Crippen molar-refractivity contribution in [1.82, 2.24) is 4.90 Å².